The fourth-order valence-corrected chi connectivity index (χ4v) is 2.71. The minimum absolute atomic E-state index is 0.0422. The minimum Gasteiger partial charge on any atom is -0.594 e. The van der Waals surface area contributed by atoms with Crippen molar-refractivity contribution >= 4 is 9.84 Å². The molecule has 0 saturated heterocycles. The molecule has 0 spiro atoms. The summed E-state index contributed by atoms with van der Waals surface area (Å²) in [7, 11) is -3.71. The number of aliphatic hydroxyl groups is 2. The van der Waals surface area contributed by atoms with Gasteiger partial charge in [-0.3, -0.25) is 10.1 Å². The van der Waals surface area contributed by atoms with Crippen LogP contribution in [0.5, 0.6) is 0 Å². The molecule has 0 amide bonds. The maximum atomic E-state index is 12.0. The summed E-state index contributed by atoms with van der Waals surface area (Å²) in [5.41, 5.74) is -1.85. The molecule has 1 aromatic rings. The van der Waals surface area contributed by atoms with Crippen LogP contribution in [0.4, 0.5) is 0 Å². The Morgan fingerprint density at radius 2 is 1.70 bits per heavy atom. The first kappa shape index (κ1) is 18.9. The van der Waals surface area contributed by atoms with Gasteiger partial charge < -0.3 is 15.4 Å². The number of hydrogen-bond donors (Lipinski definition) is 2. The second-order valence-electron chi connectivity index (χ2n) is 4.83. The molecule has 0 saturated carbocycles. The summed E-state index contributed by atoms with van der Waals surface area (Å²) in [6.07, 6.45) is 0. The molecule has 0 radical (unpaired) electrons. The van der Waals surface area contributed by atoms with Gasteiger partial charge in [-0.15, -0.1) is 0 Å². The molecule has 0 unspecified atom stereocenters. The van der Waals surface area contributed by atoms with Crippen LogP contribution in [0.3, 0.4) is 0 Å². The van der Waals surface area contributed by atoms with Crippen molar-refractivity contribution in [2.45, 2.75) is 17.5 Å². The molecule has 0 heterocycles. The van der Waals surface area contributed by atoms with Crippen molar-refractivity contribution in [3.05, 3.63) is 45.2 Å². The van der Waals surface area contributed by atoms with E-state index in [0.29, 0.717) is 0 Å². The number of aliphatic hydroxyl groups excluding tert-OH is 2. The number of aryl methyl sites for hydroxylation is 1. The van der Waals surface area contributed by atoms with E-state index < -0.39 is 50.8 Å². The van der Waals surface area contributed by atoms with Crippen molar-refractivity contribution < 1.29 is 28.4 Å². The van der Waals surface area contributed by atoms with E-state index in [1.165, 1.54) is 12.1 Å². The average Bonchev–Trinajstić information content (AvgIpc) is 2.49. The van der Waals surface area contributed by atoms with Crippen LogP contribution in [0.25, 0.3) is 0 Å². The number of sulfone groups is 1. The van der Waals surface area contributed by atoms with Gasteiger partial charge in [0.15, 0.2) is 23.1 Å². The zero-order chi connectivity index (χ0) is 17.7. The lowest BCUT2D eigenvalue weighted by Crippen LogP contribution is -2.53. The van der Waals surface area contributed by atoms with Crippen LogP contribution in [0.15, 0.2) is 34.3 Å². The van der Waals surface area contributed by atoms with Gasteiger partial charge >= 0.3 is 5.66 Å². The zero-order valence-corrected chi connectivity index (χ0v) is 13.1. The fourth-order valence-electron chi connectivity index (χ4n) is 1.60. The van der Waals surface area contributed by atoms with Crippen molar-refractivity contribution in [3.8, 4) is 0 Å². The third-order valence-electron chi connectivity index (χ3n) is 3.17. The molecule has 11 heteroatoms. The van der Waals surface area contributed by atoms with Crippen molar-refractivity contribution in [2.24, 2.45) is 5.11 Å². The molecule has 23 heavy (non-hydrogen) atoms. The van der Waals surface area contributed by atoms with Crippen LogP contribution in [0.2, 0.25) is 0 Å². The van der Waals surface area contributed by atoms with Crippen molar-refractivity contribution in [1.29, 1.82) is 0 Å². The van der Waals surface area contributed by atoms with Gasteiger partial charge in [-0.1, -0.05) is 17.7 Å². The second-order valence-corrected chi connectivity index (χ2v) is 6.93. The van der Waals surface area contributed by atoms with E-state index in [2.05, 4.69) is 5.11 Å². The van der Waals surface area contributed by atoms with Gasteiger partial charge in [-0.05, 0) is 29.0 Å². The molecule has 10 nitrogen and oxygen atoms in total. The Bertz CT molecular complexity index is 681. The highest BCUT2D eigenvalue weighted by Crippen LogP contribution is 2.13. The number of azo groups is 1. The first-order valence-electron chi connectivity index (χ1n) is 6.50. The highest BCUT2D eigenvalue weighted by atomic mass is 32.2. The first-order chi connectivity index (χ1) is 10.7. The largest absolute Gasteiger partial charge is 0.594 e. The molecular weight excluding hydrogens is 330 g/mol. The maximum Gasteiger partial charge on any atom is 0.483 e. The van der Waals surface area contributed by atoms with Crippen LogP contribution >= 0.6 is 0 Å². The molecular formula is C12H17N3O7S. The highest BCUT2D eigenvalue weighted by Gasteiger charge is 2.53. The summed E-state index contributed by atoms with van der Waals surface area (Å²) in [5.74, 6) is -0.542. The summed E-state index contributed by atoms with van der Waals surface area (Å²) in [4.78, 5) is 9.22. The normalized spacial score (nSPS) is 13.1. The van der Waals surface area contributed by atoms with Gasteiger partial charge in [0.05, 0.1) is 10.6 Å². The van der Waals surface area contributed by atoms with Crippen LogP contribution < -0.4 is 0 Å². The maximum absolute atomic E-state index is 12.0. The van der Waals surface area contributed by atoms with Gasteiger partial charge in [0.2, 0.25) is 0 Å². The Morgan fingerprint density at radius 1 is 1.17 bits per heavy atom. The van der Waals surface area contributed by atoms with Gasteiger partial charge in [0.25, 0.3) is 0 Å². The number of nitro groups is 1. The van der Waals surface area contributed by atoms with Gasteiger partial charge in [0.1, 0.15) is 11.5 Å². The molecule has 1 rings (SSSR count). The van der Waals surface area contributed by atoms with Gasteiger partial charge in [-0.25, -0.2) is 8.42 Å². The van der Waals surface area contributed by atoms with E-state index in [1.807, 2.05) is 0 Å². The lowest BCUT2D eigenvalue weighted by Gasteiger charge is -2.16. The molecule has 2 N–H and O–H groups in total. The third kappa shape index (κ3) is 4.21. The molecule has 0 aromatic heterocycles. The molecule has 0 atom stereocenters. The Kier molecular flexibility index (Phi) is 6.12. The Morgan fingerprint density at radius 3 is 2.13 bits per heavy atom. The summed E-state index contributed by atoms with van der Waals surface area (Å²) in [6.45, 7) is -1.29. The lowest BCUT2D eigenvalue weighted by molar-refractivity contribution is -0.818. The predicted octanol–water partition coefficient (Wildman–Crippen LogP) is -0.311. The Labute approximate surface area is 132 Å². The van der Waals surface area contributed by atoms with E-state index in [-0.39, 0.29) is 4.90 Å². The average molecular weight is 347 g/mol. The number of benzene rings is 1. The topological polar surface area (TPSA) is 156 Å². The minimum atomic E-state index is -3.71. The Hall–Kier alpha value is -2.11. The van der Waals surface area contributed by atoms with Crippen LogP contribution in [0, 0.1) is 22.2 Å². The number of rotatable bonds is 8. The Balaban J connectivity index is 2.88. The predicted molar refractivity (Wildman–Crippen MR) is 78.1 cm³/mol. The first-order valence-corrected chi connectivity index (χ1v) is 8.15. The lowest BCUT2D eigenvalue weighted by atomic mass is 10.2. The standard InChI is InChI=1S/C12H17N3O7S/c1-10-2-4-11(5-3-10)23(21,22)7-6-13-14(18)12(8-16,9-17)15(19)20/h2-5,16-17H,6-9H2,1H3. The zero-order valence-electron chi connectivity index (χ0n) is 12.3. The number of nitrogens with zero attached hydrogens (tertiary/aromatic N) is 3. The molecule has 0 aliphatic rings. The summed E-state index contributed by atoms with van der Waals surface area (Å²) >= 11 is 0. The van der Waals surface area contributed by atoms with Crippen LogP contribution in [-0.2, 0) is 9.84 Å². The number of hydrogen-bond acceptors (Lipinski definition) is 8. The summed E-state index contributed by atoms with van der Waals surface area (Å²) < 4.78 is 24.1. The van der Waals surface area contributed by atoms with E-state index in [4.69, 9.17) is 10.2 Å². The third-order valence-corrected chi connectivity index (χ3v) is 4.88. The molecule has 0 bridgehead atoms. The van der Waals surface area contributed by atoms with E-state index in [1.54, 1.807) is 19.1 Å². The monoisotopic (exact) mass is 347 g/mol. The molecule has 0 aliphatic heterocycles. The smallest absolute Gasteiger partial charge is 0.483 e. The molecule has 128 valence electrons. The van der Waals surface area contributed by atoms with Crippen molar-refractivity contribution in [3.63, 3.8) is 0 Å². The summed E-state index contributed by atoms with van der Waals surface area (Å²) in [6, 6.07) is 6.03. The van der Waals surface area contributed by atoms with E-state index >= 15 is 0 Å². The second kappa shape index (κ2) is 7.44. The quantitative estimate of drug-likeness (QED) is 0.215. The van der Waals surface area contributed by atoms with Crippen LogP contribution in [-0.4, -0.2) is 59.6 Å². The fraction of sp³-hybridized carbons (Fsp3) is 0.500. The van der Waals surface area contributed by atoms with Crippen molar-refractivity contribution in [2.75, 3.05) is 25.5 Å². The van der Waals surface area contributed by atoms with Crippen LogP contribution in [0.1, 0.15) is 5.56 Å². The van der Waals surface area contributed by atoms with E-state index in [9.17, 15) is 23.7 Å². The number of hydroxylamine groups is 1. The van der Waals surface area contributed by atoms with Gasteiger partial charge in [-0.2, -0.15) is 0 Å². The molecule has 1 aromatic carbocycles. The molecule has 0 fully saturated rings. The van der Waals surface area contributed by atoms with Gasteiger partial charge in [0, 0.05) is 0 Å². The molecule has 0 aliphatic carbocycles. The van der Waals surface area contributed by atoms with E-state index in [0.717, 1.165) is 5.56 Å². The SMILES string of the molecule is Cc1ccc(S(=O)(=O)CCN=[N+]([O-])C(CO)(CO)[N+](=O)[O-])cc1. The highest BCUT2D eigenvalue weighted by molar-refractivity contribution is 7.91. The summed E-state index contributed by atoms with van der Waals surface area (Å²) in [5, 5.41) is 43.6. The van der Waals surface area contributed by atoms with Crippen molar-refractivity contribution in [1.82, 2.24) is 0 Å².